The lowest BCUT2D eigenvalue weighted by Crippen LogP contribution is -2.05. The molecule has 2 aromatic rings. The lowest BCUT2D eigenvalue weighted by atomic mass is 10.0. The molecule has 0 aliphatic heterocycles. The van der Waals surface area contributed by atoms with Crippen LogP contribution in [0.25, 0.3) is 0 Å². The molecular weight excluding hydrogens is 302 g/mol. The maximum Gasteiger partial charge on any atom is 0.137 e. The van der Waals surface area contributed by atoms with Gasteiger partial charge in [0.25, 0.3) is 0 Å². The number of halogens is 3. The third-order valence-corrected chi connectivity index (χ3v) is 3.55. The summed E-state index contributed by atoms with van der Waals surface area (Å²) < 4.78 is 27.0. The van der Waals surface area contributed by atoms with Crippen molar-refractivity contribution in [1.82, 2.24) is 0 Å². The highest BCUT2D eigenvalue weighted by molar-refractivity contribution is 9.10. The highest BCUT2D eigenvalue weighted by Crippen LogP contribution is 2.28. The molecule has 94 valence electrons. The van der Waals surface area contributed by atoms with Gasteiger partial charge in [0.05, 0.1) is 10.6 Å². The second kappa shape index (κ2) is 5.59. The van der Waals surface area contributed by atoms with Crippen molar-refractivity contribution in [1.29, 1.82) is 0 Å². The monoisotopic (exact) mass is 312 g/mol. The molecule has 0 fully saturated rings. The summed E-state index contributed by atoms with van der Waals surface area (Å²) in [6.45, 7) is 0. The standard InChI is InChI=1S/C14H11BrF2O/c15-14-10(5-3-7-12(14)17)13(18)8-9-4-1-2-6-11(9)16/h1-7,13,18H,8H2. The van der Waals surface area contributed by atoms with Crippen LogP contribution in [0.15, 0.2) is 46.9 Å². The average Bonchev–Trinajstić information content (AvgIpc) is 2.35. The van der Waals surface area contributed by atoms with Crippen molar-refractivity contribution >= 4 is 15.9 Å². The summed E-state index contributed by atoms with van der Waals surface area (Å²) in [5.74, 6) is -0.816. The Balaban J connectivity index is 2.25. The minimum absolute atomic E-state index is 0.106. The Labute approximate surface area is 112 Å². The Morgan fingerprint density at radius 1 is 1.00 bits per heavy atom. The van der Waals surface area contributed by atoms with Crippen LogP contribution in [0.1, 0.15) is 17.2 Å². The molecule has 0 heterocycles. The second-order valence-electron chi connectivity index (χ2n) is 3.95. The molecule has 1 atom stereocenters. The van der Waals surface area contributed by atoms with Crippen LogP contribution in [0.4, 0.5) is 8.78 Å². The number of rotatable bonds is 3. The average molecular weight is 313 g/mol. The molecule has 2 aromatic carbocycles. The van der Waals surface area contributed by atoms with E-state index in [9.17, 15) is 13.9 Å². The maximum atomic E-state index is 13.4. The number of hydrogen-bond acceptors (Lipinski definition) is 1. The molecule has 0 aliphatic carbocycles. The molecule has 0 saturated heterocycles. The third-order valence-electron chi connectivity index (χ3n) is 2.71. The van der Waals surface area contributed by atoms with Crippen molar-refractivity contribution in [3.8, 4) is 0 Å². The predicted molar refractivity (Wildman–Crippen MR) is 69.2 cm³/mol. The van der Waals surface area contributed by atoms with E-state index in [0.29, 0.717) is 11.1 Å². The van der Waals surface area contributed by atoms with Gasteiger partial charge in [0.1, 0.15) is 11.6 Å². The predicted octanol–water partition coefficient (Wildman–Crippen LogP) is 4.00. The molecule has 4 heteroatoms. The third kappa shape index (κ3) is 2.76. The topological polar surface area (TPSA) is 20.2 Å². The van der Waals surface area contributed by atoms with Crippen molar-refractivity contribution < 1.29 is 13.9 Å². The van der Waals surface area contributed by atoms with E-state index in [4.69, 9.17) is 0 Å². The molecule has 0 bridgehead atoms. The molecule has 1 nitrogen and oxygen atoms in total. The Morgan fingerprint density at radius 2 is 1.67 bits per heavy atom. The second-order valence-corrected chi connectivity index (χ2v) is 4.75. The highest BCUT2D eigenvalue weighted by Gasteiger charge is 2.15. The van der Waals surface area contributed by atoms with Crippen LogP contribution in [0.3, 0.4) is 0 Å². The van der Waals surface area contributed by atoms with Gasteiger partial charge in [-0.3, -0.25) is 0 Å². The first-order chi connectivity index (χ1) is 8.59. The first kappa shape index (κ1) is 13.2. The van der Waals surface area contributed by atoms with E-state index < -0.39 is 11.9 Å². The van der Waals surface area contributed by atoms with Crippen LogP contribution in [0.2, 0.25) is 0 Å². The largest absolute Gasteiger partial charge is 0.388 e. The summed E-state index contributed by atoms with van der Waals surface area (Å²) in [6, 6.07) is 10.6. The highest BCUT2D eigenvalue weighted by atomic mass is 79.9. The molecule has 1 unspecified atom stereocenters. The van der Waals surface area contributed by atoms with E-state index in [1.165, 1.54) is 18.2 Å². The Kier molecular flexibility index (Phi) is 4.09. The van der Waals surface area contributed by atoms with Crippen LogP contribution >= 0.6 is 15.9 Å². The Bertz CT molecular complexity index is 557. The van der Waals surface area contributed by atoms with E-state index in [1.807, 2.05) is 0 Å². The van der Waals surface area contributed by atoms with Gasteiger partial charge in [0.2, 0.25) is 0 Å². The summed E-state index contributed by atoms with van der Waals surface area (Å²) in [4.78, 5) is 0. The van der Waals surface area contributed by atoms with Gasteiger partial charge in [0.15, 0.2) is 0 Å². The lowest BCUT2D eigenvalue weighted by Gasteiger charge is -2.13. The molecule has 1 N–H and O–H groups in total. The molecule has 0 aromatic heterocycles. The van der Waals surface area contributed by atoms with E-state index in [2.05, 4.69) is 15.9 Å². The van der Waals surface area contributed by atoms with Gasteiger partial charge in [-0.05, 0) is 39.2 Å². The van der Waals surface area contributed by atoms with Crippen molar-refractivity contribution in [2.75, 3.05) is 0 Å². The maximum absolute atomic E-state index is 13.4. The first-order valence-electron chi connectivity index (χ1n) is 5.45. The van der Waals surface area contributed by atoms with Crippen LogP contribution in [0, 0.1) is 11.6 Å². The number of aliphatic hydroxyl groups is 1. The van der Waals surface area contributed by atoms with Gasteiger partial charge in [-0.15, -0.1) is 0 Å². The Hall–Kier alpha value is -1.26. The molecule has 0 aliphatic rings. The van der Waals surface area contributed by atoms with Crippen molar-refractivity contribution in [2.45, 2.75) is 12.5 Å². The Morgan fingerprint density at radius 3 is 2.39 bits per heavy atom. The minimum atomic E-state index is -0.952. The van der Waals surface area contributed by atoms with Crippen LogP contribution < -0.4 is 0 Å². The van der Waals surface area contributed by atoms with Crippen molar-refractivity contribution in [2.24, 2.45) is 0 Å². The van der Waals surface area contributed by atoms with Crippen LogP contribution in [0.5, 0.6) is 0 Å². The van der Waals surface area contributed by atoms with E-state index >= 15 is 0 Å². The quantitative estimate of drug-likeness (QED) is 0.908. The fraction of sp³-hybridized carbons (Fsp3) is 0.143. The molecule has 0 saturated carbocycles. The van der Waals surface area contributed by atoms with Gasteiger partial charge >= 0.3 is 0 Å². The summed E-state index contributed by atoms with van der Waals surface area (Å²) in [5, 5.41) is 10.0. The molecule has 0 amide bonds. The van der Waals surface area contributed by atoms with Crippen LogP contribution in [-0.4, -0.2) is 5.11 Å². The number of benzene rings is 2. The van der Waals surface area contributed by atoms with Crippen LogP contribution in [-0.2, 0) is 6.42 Å². The summed E-state index contributed by atoms with van der Waals surface area (Å²) in [7, 11) is 0. The molecule has 2 rings (SSSR count). The molecule has 0 radical (unpaired) electrons. The molecule has 0 spiro atoms. The lowest BCUT2D eigenvalue weighted by molar-refractivity contribution is 0.176. The van der Waals surface area contributed by atoms with Gasteiger partial charge in [0, 0.05) is 6.42 Å². The zero-order valence-electron chi connectivity index (χ0n) is 9.41. The fourth-order valence-corrected chi connectivity index (χ4v) is 2.29. The van der Waals surface area contributed by atoms with Gasteiger partial charge < -0.3 is 5.11 Å². The zero-order chi connectivity index (χ0) is 13.1. The zero-order valence-corrected chi connectivity index (χ0v) is 11.0. The first-order valence-corrected chi connectivity index (χ1v) is 6.24. The van der Waals surface area contributed by atoms with E-state index in [0.717, 1.165) is 0 Å². The number of hydrogen-bond donors (Lipinski definition) is 1. The fourth-order valence-electron chi connectivity index (χ4n) is 1.76. The van der Waals surface area contributed by atoms with Gasteiger partial charge in [-0.25, -0.2) is 8.78 Å². The summed E-state index contributed by atoms with van der Waals surface area (Å²) in [5.41, 5.74) is 0.819. The SMILES string of the molecule is OC(Cc1ccccc1F)c1cccc(F)c1Br. The van der Waals surface area contributed by atoms with Gasteiger partial charge in [-0.2, -0.15) is 0 Å². The minimum Gasteiger partial charge on any atom is -0.388 e. The van der Waals surface area contributed by atoms with Crippen molar-refractivity contribution in [3.05, 3.63) is 69.7 Å². The van der Waals surface area contributed by atoms with Gasteiger partial charge in [-0.1, -0.05) is 30.3 Å². The summed E-state index contributed by atoms with van der Waals surface area (Å²) in [6.07, 6.45) is -0.846. The number of aliphatic hydroxyl groups excluding tert-OH is 1. The summed E-state index contributed by atoms with van der Waals surface area (Å²) >= 11 is 3.08. The molecule has 18 heavy (non-hydrogen) atoms. The van der Waals surface area contributed by atoms with E-state index in [-0.39, 0.29) is 16.7 Å². The van der Waals surface area contributed by atoms with Crippen molar-refractivity contribution in [3.63, 3.8) is 0 Å². The molecular formula is C14H11BrF2O. The smallest absolute Gasteiger partial charge is 0.137 e. The van der Waals surface area contributed by atoms with E-state index in [1.54, 1.807) is 24.3 Å². The normalized spacial score (nSPS) is 12.4.